The van der Waals surface area contributed by atoms with Gasteiger partial charge in [-0.25, -0.2) is 0 Å². The lowest BCUT2D eigenvalue weighted by Crippen LogP contribution is -2.55. The fraction of sp³-hybridized carbons (Fsp3) is 0.684. The van der Waals surface area contributed by atoms with Crippen LogP contribution in [0.25, 0.3) is 0 Å². The summed E-state index contributed by atoms with van der Waals surface area (Å²) >= 11 is 1.78. The van der Waals surface area contributed by atoms with Gasteiger partial charge < -0.3 is 20.1 Å². The van der Waals surface area contributed by atoms with Gasteiger partial charge in [-0.15, -0.1) is 0 Å². The molecule has 4 rings (SSSR count). The molecule has 0 spiro atoms. The lowest BCUT2D eigenvalue weighted by molar-refractivity contribution is -0.144. The minimum atomic E-state index is -0.835. The molecular formula is C19H27N3O4S. The first-order chi connectivity index (χ1) is 12.9. The van der Waals surface area contributed by atoms with E-state index in [9.17, 15) is 14.7 Å². The van der Waals surface area contributed by atoms with E-state index in [2.05, 4.69) is 17.1 Å². The molecule has 2 saturated heterocycles. The number of ketones is 2. The van der Waals surface area contributed by atoms with Crippen molar-refractivity contribution in [3.8, 4) is 0 Å². The smallest absolute Gasteiger partial charge is 0.208 e. The largest absolute Gasteiger partial charge is 0.396 e. The van der Waals surface area contributed by atoms with Crippen molar-refractivity contribution in [1.29, 1.82) is 0 Å². The second-order valence-corrected chi connectivity index (χ2v) is 8.92. The maximum atomic E-state index is 13.3. The monoisotopic (exact) mass is 393 g/mol. The van der Waals surface area contributed by atoms with Gasteiger partial charge in [0, 0.05) is 43.1 Å². The Kier molecular flexibility index (Phi) is 4.65. The Hall–Kier alpha value is -1.35. The molecule has 0 bridgehead atoms. The summed E-state index contributed by atoms with van der Waals surface area (Å²) in [5, 5.41) is 13.4. The number of hydrogen-bond donors (Lipinski definition) is 2. The molecule has 7 nitrogen and oxygen atoms in total. The quantitative estimate of drug-likeness (QED) is 0.355. The summed E-state index contributed by atoms with van der Waals surface area (Å²) in [5.41, 5.74) is 0.851. The van der Waals surface area contributed by atoms with Crippen LogP contribution in [-0.2, 0) is 14.3 Å². The van der Waals surface area contributed by atoms with Crippen LogP contribution in [0.3, 0.4) is 0 Å². The number of aliphatic hydroxyl groups excluding tert-OH is 1. The second-order valence-electron chi connectivity index (χ2n) is 7.52. The summed E-state index contributed by atoms with van der Waals surface area (Å²) in [7, 11) is 3.63. The lowest BCUT2D eigenvalue weighted by atomic mass is 9.82. The molecule has 148 valence electrons. The first kappa shape index (κ1) is 19.0. The van der Waals surface area contributed by atoms with E-state index in [1.54, 1.807) is 25.8 Å². The maximum Gasteiger partial charge on any atom is 0.208 e. The molecule has 2 N–H and O–H groups in total. The van der Waals surface area contributed by atoms with Crippen LogP contribution < -0.4 is 5.32 Å². The molecule has 0 aromatic heterocycles. The number of nitrogens with zero attached hydrogens (tertiary/aromatic N) is 2. The van der Waals surface area contributed by atoms with Gasteiger partial charge in [0.05, 0.1) is 30.0 Å². The SMILES string of the molecule is CCSCCNC1=C(C)C(=O)C2=C(C1=O)C(CO)C1(OC)C3C(CN21)N3C. The lowest BCUT2D eigenvalue weighted by Gasteiger charge is -2.40. The van der Waals surface area contributed by atoms with Crippen molar-refractivity contribution in [1.82, 2.24) is 15.1 Å². The Bertz CT molecular complexity index is 764. The predicted molar refractivity (Wildman–Crippen MR) is 103 cm³/mol. The van der Waals surface area contributed by atoms with Crippen LogP contribution >= 0.6 is 11.8 Å². The van der Waals surface area contributed by atoms with Gasteiger partial charge in [0.25, 0.3) is 0 Å². The fourth-order valence-electron chi connectivity index (χ4n) is 5.17. The number of nitrogens with one attached hydrogen (secondary N) is 1. The van der Waals surface area contributed by atoms with E-state index in [-0.39, 0.29) is 24.2 Å². The molecule has 4 aliphatic rings. The number of aliphatic hydroxyl groups is 1. The zero-order valence-corrected chi connectivity index (χ0v) is 17.1. The van der Waals surface area contributed by atoms with E-state index in [1.807, 2.05) is 11.9 Å². The number of Topliss-reactive ketones (excluding diaryl/α,β-unsaturated/α-hetero) is 2. The Balaban J connectivity index is 1.69. The zero-order valence-electron chi connectivity index (χ0n) is 16.2. The van der Waals surface area contributed by atoms with E-state index < -0.39 is 11.6 Å². The number of ether oxygens (including phenoxy) is 1. The number of rotatable bonds is 7. The minimum Gasteiger partial charge on any atom is -0.396 e. The molecular weight excluding hydrogens is 366 g/mol. The first-order valence-electron chi connectivity index (χ1n) is 9.47. The normalized spacial score (nSPS) is 37.0. The molecule has 0 radical (unpaired) electrons. The molecule has 2 fully saturated rings. The molecule has 27 heavy (non-hydrogen) atoms. The van der Waals surface area contributed by atoms with Crippen LogP contribution in [0.15, 0.2) is 22.5 Å². The topological polar surface area (TPSA) is 81.9 Å². The maximum absolute atomic E-state index is 13.3. The number of allylic oxidation sites excluding steroid dienone is 2. The van der Waals surface area contributed by atoms with Crippen LogP contribution in [0.5, 0.6) is 0 Å². The molecule has 0 amide bonds. The van der Waals surface area contributed by atoms with Crippen molar-refractivity contribution in [3.05, 3.63) is 22.5 Å². The van der Waals surface area contributed by atoms with Crippen LogP contribution in [0, 0.1) is 5.92 Å². The minimum absolute atomic E-state index is 0.0866. The highest BCUT2D eigenvalue weighted by Crippen LogP contribution is 2.58. The van der Waals surface area contributed by atoms with Crippen molar-refractivity contribution >= 4 is 23.3 Å². The third-order valence-electron chi connectivity index (χ3n) is 6.49. The van der Waals surface area contributed by atoms with Crippen molar-refractivity contribution < 1.29 is 19.4 Å². The summed E-state index contributed by atoms with van der Waals surface area (Å²) < 4.78 is 5.96. The molecule has 5 atom stereocenters. The molecule has 1 aliphatic carbocycles. The third kappa shape index (κ3) is 2.33. The van der Waals surface area contributed by atoms with E-state index in [4.69, 9.17) is 4.74 Å². The van der Waals surface area contributed by atoms with Crippen molar-refractivity contribution in [2.24, 2.45) is 5.92 Å². The summed E-state index contributed by atoms with van der Waals surface area (Å²) in [6.45, 7) is 4.85. The molecule has 0 aromatic rings. The van der Waals surface area contributed by atoms with Crippen molar-refractivity contribution in [2.45, 2.75) is 31.7 Å². The second kappa shape index (κ2) is 6.62. The van der Waals surface area contributed by atoms with Gasteiger partial charge in [-0.1, -0.05) is 6.92 Å². The fourth-order valence-corrected chi connectivity index (χ4v) is 5.71. The Morgan fingerprint density at radius 3 is 2.74 bits per heavy atom. The molecule has 0 aromatic carbocycles. The van der Waals surface area contributed by atoms with Gasteiger partial charge in [-0.2, -0.15) is 11.8 Å². The van der Waals surface area contributed by atoms with Gasteiger partial charge in [0.1, 0.15) is 0 Å². The average molecular weight is 394 g/mol. The number of likely N-dealkylation sites (N-methyl/N-ethyl adjacent to an activating group) is 1. The average Bonchev–Trinajstić information content (AvgIpc) is 3.04. The number of methoxy groups -OCH3 is 1. The number of hydrogen-bond acceptors (Lipinski definition) is 8. The van der Waals surface area contributed by atoms with Crippen LogP contribution in [0.2, 0.25) is 0 Å². The standard InChI is InChI=1S/C19H27N3O4S/c1-5-27-7-6-20-14-10(2)16(24)15-13(17(14)25)11(9-23)19(26-4)18-12(21(18)3)8-22(15)19/h11-12,18,20,23H,5-9H2,1-4H3. The van der Waals surface area contributed by atoms with Gasteiger partial charge in [0.2, 0.25) is 11.6 Å². The Labute approximate surface area is 163 Å². The number of carbonyl (C=O) groups is 2. The molecule has 3 heterocycles. The number of thioether (sulfide) groups is 1. The molecule has 5 unspecified atom stereocenters. The van der Waals surface area contributed by atoms with E-state index in [0.29, 0.717) is 41.7 Å². The number of carbonyl (C=O) groups excluding carboxylic acids is 2. The van der Waals surface area contributed by atoms with Crippen molar-refractivity contribution in [3.63, 3.8) is 0 Å². The number of fused-ring (bicyclic) bond motifs is 4. The number of piperazine rings is 1. The van der Waals surface area contributed by atoms with Crippen LogP contribution in [0.1, 0.15) is 13.8 Å². The summed E-state index contributed by atoms with van der Waals surface area (Å²) in [5.74, 6) is 1.05. The highest BCUT2D eigenvalue weighted by Gasteiger charge is 2.75. The van der Waals surface area contributed by atoms with Crippen molar-refractivity contribution in [2.75, 3.05) is 45.4 Å². The highest BCUT2D eigenvalue weighted by atomic mass is 32.2. The molecule has 8 heteroatoms. The van der Waals surface area contributed by atoms with E-state index >= 15 is 0 Å². The Morgan fingerprint density at radius 1 is 1.37 bits per heavy atom. The zero-order chi connectivity index (χ0) is 19.5. The summed E-state index contributed by atoms with van der Waals surface area (Å²) in [4.78, 5) is 30.7. The summed E-state index contributed by atoms with van der Waals surface area (Å²) in [6.07, 6.45) is 0. The molecule has 0 saturated carbocycles. The third-order valence-corrected chi connectivity index (χ3v) is 7.39. The van der Waals surface area contributed by atoms with E-state index in [0.717, 1.165) is 11.5 Å². The van der Waals surface area contributed by atoms with E-state index in [1.165, 1.54) is 0 Å². The van der Waals surface area contributed by atoms with Gasteiger partial charge in [-0.05, 0) is 19.7 Å². The van der Waals surface area contributed by atoms with Gasteiger partial charge in [-0.3, -0.25) is 14.5 Å². The Morgan fingerprint density at radius 2 is 2.11 bits per heavy atom. The first-order valence-corrected chi connectivity index (χ1v) is 10.6. The van der Waals surface area contributed by atoms with Gasteiger partial charge >= 0.3 is 0 Å². The summed E-state index contributed by atoms with van der Waals surface area (Å²) in [6, 6.07) is 0.384. The van der Waals surface area contributed by atoms with Crippen LogP contribution in [0.4, 0.5) is 0 Å². The highest BCUT2D eigenvalue weighted by molar-refractivity contribution is 7.99. The predicted octanol–water partition coefficient (Wildman–Crippen LogP) is -0.0280. The molecule has 3 aliphatic heterocycles. The van der Waals surface area contributed by atoms with Crippen LogP contribution in [-0.4, -0.2) is 89.6 Å². The van der Waals surface area contributed by atoms with Gasteiger partial charge in [0.15, 0.2) is 5.72 Å².